The Morgan fingerprint density at radius 3 is 1.97 bits per heavy atom. The maximum Gasteiger partial charge on any atom is 0.261 e. The van der Waals surface area contributed by atoms with Crippen LogP contribution in [0.1, 0.15) is 53.9 Å². The molecule has 2 aliphatic rings. The van der Waals surface area contributed by atoms with Crippen LogP contribution in [-0.4, -0.2) is 25.6 Å². The maximum absolute atomic E-state index is 11.4. The topological polar surface area (TPSA) is 29.5 Å². The van der Waals surface area contributed by atoms with E-state index < -0.39 is 13.9 Å². The van der Waals surface area contributed by atoms with Gasteiger partial charge in [-0.15, -0.1) is 0 Å². The summed E-state index contributed by atoms with van der Waals surface area (Å²) in [6.45, 7) is 11.9. The van der Waals surface area contributed by atoms with E-state index in [4.69, 9.17) is 4.43 Å². The lowest BCUT2D eigenvalue weighted by atomic mass is 9.47. The van der Waals surface area contributed by atoms with E-state index in [1.807, 2.05) is 6.92 Å². The second-order valence-corrected chi connectivity index (χ2v) is 15.0. The first-order valence-corrected chi connectivity index (χ1v) is 13.0. The van der Waals surface area contributed by atoms with E-state index in [0.29, 0.717) is 12.5 Å². The largest absolute Gasteiger partial charge is 0.407 e. The van der Waals surface area contributed by atoms with E-state index in [0.717, 1.165) is 6.42 Å². The Morgan fingerprint density at radius 2 is 1.48 bits per heavy atom. The summed E-state index contributed by atoms with van der Waals surface area (Å²) in [4.78, 5) is 0. The van der Waals surface area contributed by atoms with Crippen LogP contribution < -0.4 is 10.4 Å². The molecule has 0 saturated heterocycles. The van der Waals surface area contributed by atoms with E-state index in [2.05, 4.69) is 88.4 Å². The molecule has 0 spiro atoms. The predicted octanol–water partition coefficient (Wildman–Crippen LogP) is 4.75. The van der Waals surface area contributed by atoms with Gasteiger partial charge in [0.25, 0.3) is 8.32 Å². The molecule has 2 aromatic rings. The quantitative estimate of drug-likeness (QED) is 0.724. The average molecular weight is 409 g/mol. The summed E-state index contributed by atoms with van der Waals surface area (Å²) in [6.07, 6.45) is 3.59. The molecular formula is C26H36O2Si. The lowest BCUT2D eigenvalue weighted by molar-refractivity contribution is -0.240. The minimum absolute atomic E-state index is 0.0235. The van der Waals surface area contributed by atoms with Crippen molar-refractivity contribution in [2.75, 3.05) is 6.61 Å². The standard InChI is InChI=1S/C26H36O2Si/c1-24(2,3)29(20-13-8-6-9-14-20,21-15-10-7-11-16-21)28-19-23-22-17-12-18-25(22,4)26(23,5)27/h6-11,13-16,22-23,27H,12,17-19H2,1-5H3/t22-,23-,25-,26-/m0/s1. The van der Waals surface area contributed by atoms with Crippen LogP contribution in [-0.2, 0) is 4.43 Å². The molecule has 2 nitrogen and oxygen atoms in total. The molecule has 0 radical (unpaired) electrons. The van der Waals surface area contributed by atoms with Crippen LogP contribution in [0.5, 0.6) is 0 Å². The van der Waals surface area contributed by atoms with E-state index in [9.17, 15) is 5.11 Å². The fourth-order valence-electron chi connectivity index (χ4n) is 6.44. The lowest BCUT2D eigenvalue weighted by Gasteiger charge is -2.62. The Hall–Kier alpha value is -1.42. The first kappa shape index (κ1) is 20.8. The smallest absolute Gasteiger partial charge is 0.261 e. The van der Waals surface area contributed by atoms with Gasteiger partial charge < -0.3 is 9.53 Å². The van der Waals surface area contributed by atoms with Crippen LogP contribution in [0.3, 0.4) is 0 Å². The second-order valence-electron chi connectivity index (χ2n) is 10.6. The molecular weight excluding hydrogens is 372 g/mol. The fraction of sp³-hybridized carbons (Fsp3) is 0.538. The molecule has 3 heteroatoms. The maximum atomic E-state index is 11.4. The van der Waals surface area contributed by atoms with Gasteiger partial charge in [-0.1, -0.05) is 94.8 Å². The van der Waals surface area contributed by atoms with Gasteiger partial charge in [0, 0.05) is 12.5 Å². The van der Waals surface area contributed by atoms with E-state index >= 15 is 0 Å². The van der Waals surface area contributed by atoms with Gasteiger partial charge in [0.15, 0.2) is 0 Å². The van der Waals surface area contributed by atoms with Gasteiger partial charge in [0.2, 0.25) is 0 Å². The van der Waals surface area contributed by atoms with Crippen LogP contribution in [0, 0.1) is 17.3 Å². The van der Waals surface area contributed by atoms with Crippen molar-refractivity contribution in [2.45, 2.75) is 64.5 Å². The number of fused-ring (bicyclic) bond motifs is 1. The van der Waals surface area contributed by atoms with Crippen molar-refractivity contribution in [3.63, 3.8) is 0 Å². The highest BCUT2D eigenvalue weighted by molar-refractivity contribution is 6.99. The number of aliphatic hydroxyl groups is 1. The highest BCUT2D eigenvalue weighted by atomic mass is 28.4. The van der Waals surface area contributed by atoms with Crippen molar-refractivity contribution in [3.05, 3.63) is 60.7 Å². The third kappa shape index (κ3) is 2.97. The number of hydrogen-bond donors (Lipinski definition) is 1. The molecule has 0 bridgehead atoms. The monoisotopic (exact) mass is 408 g/mol. The third-order valence-corrected chi connectivity index (χ3v) is 13.3. The first-order chi connectivity index (χ1) is 13.6. The molecule has 2 aliphatic carbocycles. The Bertz CT molecular complexity index is 801. The molecule has 1 N–H and O–H groups in total. The molecule has 2 aromatic carbocycles. The van der Waals surface area contributed by atoms with Crippen molar-refractivity contribution in [2.24, 2.45) is 17.3 Å². The van der Waals surface area contributed by atoms with Crippen LogP contribution in [0.25, 0.3) is 0 Å². The molecule has 0 amide bonds. The summed E-state index contributed by atoms with van der Waals surface area (Å²) in [5, 5.41) is 14.0. The summed E-state index contributed by atoms with van der Waals surface area (Å²) in [7, 11) is -2.54. The first-order valence-electron chi connectivity index (χ1n) is 11.1. The second kappa shape index (κ2) is 7.07. The zero-order valence-corrected chi connectivity index (χ0v) is 19.6. The number of benzene rings is 2. The van der Waals surface area contributed by atoms with Gasteiger partial charge in [-0.05, 0) is 46.5 Å². The minimum atomic E-state index is -2.54. The Morgan fingerprint density at radius 1 is 0.966 bits per heavy atom. The molecule has 0 aromatic heterocycles. The van der Waals surface area contributed by atoms with Gasteiger partial charge >= 0.3 is 0 Å². The Kier molecular flexibility index (Phi) is 5.08. The number of rotatable bonds is 5. The summed E-state index contributed by atoms with van der Waals surface area (Å²) < 4.78 is 7.14. The van der Waals surface area contributed by atoms with Crippen LogP contribution in [0.15, 0.2) is 60.7 Å². The van der Waals surface area contributed by atoms with Gasteiger partial charge in [-0.3, -0.25) is 0 Å². The van der Waals surface area contributed by atoms with Crippen molar-refractivity contribution in [1.29, 1.82) is 0 Å². The van der Waals surface area contributed by atoms with Crippen molar-refractivity contribution >= 4 is 18.7 Å². The predicted molar refractivity (Wildman–Crippen MR) is 123 cm³/mol. The average Bonchev–Trinajstić information content (AvgIpc) is 3.05. The molecule has 2 fully saturated rings. The lowest BCUT2D eigenvalue weighted by Crippen LogP contribution is -2.71. The van der Waals surface area contributed by atoms with E-state index in [1.165, 1.54) is 23.2 Å². The Balaban J connectivity index is 1.74. The van der Waals surface area contributed by atoms with E-state index in [-0.39, 0.29) is 16.4 Å². The van der Waals surface area contributed by atoms with Crippen LogP contribution in [0.4, 0.5) is 0 Å². The molecule has 0 unspecified atom stereocenters. The van der Waals surface area contributed by atoms with Gasteiger partial charge in [-0.2, -0.15) is 0 Å². The van der Waals surface area contributed by atoms with Gasteiger partial charge in [0.05, 0.1) is 5.60 Å². The van der Waals surface area contributed by atoms with Gasteiger partial charge in [-0.25, -0.2) is 0 Å². The summed E-state index contributed by atoms with van der Waals surface area (Å²) in [5.41, 5.74) is -0.577. The van der Waals surface area contributed by atoms with Crippen molar-refractivity contribution in [3.8, 4) is 0 Å². The number of hydrogen-bond acceptors (Lipinski definition) is 2. The molecule has 0 aliphatic heterocycles. The van der Waals surface area contributed by atoms with Crippen LogP contribution in [0.2, 0.25) is 5.04 Å². The third-order valence-electron chi connectivity index (χ3n) is 8.29. The summed E-state index contributed by atoms with van der Waals surface area (Å²) in [5.74, 6) is 0.798. The molecule has 4 atom stereocenters. The van der Waals surface area contributed by atoms with Crippen molar-refractivity contribution in [1.82, 2.24) is 0 Å². The fourth-order valence-corrected chi connectivity index (χ4v) is 11.0. The summed E-state index contributed by atoms with van der Waals surface area (Å²) in [6, 6.07) is 21.6. The Labute approximate surface area is 177 Å². The summed E-state index contributed by atoms with van der Waals surface area (Å²) >= 11 is 0. The normalized spacial score (nSPS) is 31.9. The van der Waals surface area contributed by atoms with Crippen molar-refractivity contribution < 1.29 is 9.53 Å². The molecule has 156 valence electrons. The molecule has 0 heterocycles. The van der Waals surface area contributed by atoms with E-state index in [1.54, 1.807) is 0 Å². The highest BCUT2D eigenvalue weighted by Gasteiger charge is 2.68. The highest BCUT2D eigenvalue weighted by Crippen LogP contribution is 2.66. The molecule has 4 rings (SSSR count). The molecule has 2 saturated carbocycles. The zero-order valence-electron chi connectivity index (χ0n) is 18.6. The SMILES string of the molecule is CC(C)(C)[Si](OC[C@H]1[C@@H]2CCC[C@]2(C)[C@@]1(C)O)(c1ccccc1)c1ccccc1. The van der Waals surface area contributed by atoms with Gasteiger partial charge in [0.1, 0.15) is 0 Å². The zero-order chi connectivity index (χ0) is 20.9. The minimum Gasteiger partial charge on any atom is -0.407 e. The molecule has 29 heavy (non-hydrogen) atoms. The van der Waals surface area contributed by atoms with Crippen LogP contribution >= 0.6 is 0 Å².